The average Bonchev–Trinajstić information content (AvgIpc) is 3.77. The maximum atomic E-state index is 13.4. The SMILES string of the molecule is CN1C(=O)[C@H](C2CC2)NCCOc2ccccc2/C=C/CNC(=O)[C@@H](Cc2ccc(Cl)cc2)NC(=O)[C@@H]1CO. The molecule has 10 heteroatoms. The highest BCUT2D eigenvalue weighted by Crippen LogP contribution is 2.33. The molecule has 3 atom stereocenters. The Hall–Kier alpha value is -3.40. The van der Waals surface area contributed by atoms with Gasteiger partial charge in [-0.3, -0.25) is 14.4 Å². The minimum absolute atomic E-state index is 0.159. The second-order valence-electron chi connectivity index (χ2n) is 9.84. The molecular weight excluding hydrogens is 520 g/mol. The van der Waals surface area contributed by atoms with Crippen molar-refractivity contribution in [2.75, 3.05) is 33.4 Å². The van der Waals surface area contributed by atoms with Gasteiger partial charge in [0.25, 0.3) is 0 Å². The third-order valence-corrected chi connectivity index (χ3v) is 7.22. The number of ether oxygens (including phenoxy) is 1. The van der Waals surface area contributed by atoms with Crippen molar-refractivity contribution in [2.45, 2.75) is 37.4 Å². The van der Waals surface area contributed by atoms with Crippen LogP contribution in [0.1, 0.15) is 24.0 Å². The minimum Gasteiger partial charge on any atom is -0.492 e. The van der Waals surface area contributed by atoms with E-state index in [2.05, 4.69) is 16.0 Å². The number of carbonyl (C=O) groups excluding carboxylic acids is 3. The predicted molar refractivity (Wildman–Crippen MR) is 149 cm³/mol. The monoisotopic (exact) mass is 554 g/mol. The van der Waals surface area contributed by atoms with Crippen LogP contribution >= 0.6 is 11.6 Å². The number of nitrogens with one attached hydrogen (secondary N) is 3. The molecule has 0 aromatic heterocycles. The van der Waals surface area contributed by atoms with E-state index in [0.717, 1.165) is 24.0 Å². The van der Waals surface area contributed by atoms with E-state index in [1.54, 1.807) is 24.3 Å². The predicted octanol–water partition coefficient (Wildman–Crippen LogP) is 1.78. The summed E-state index contributed by atoms with van der Waals surface area (Å²) in [5.74, 6) is -0.424. The molecule has 4 N–H and O–H groups in total. The molecule has 1 fully saturated rings. The number of nitrogens with zero attached hydrogens (tertiary/aromatic N) is 1. The lowest BCUT2D eigenvalue weighted by Crippen LogP contribution is -2.58. The van der Waals surface area contributed by atoms with E-state index >= 15 is 0 Å². The van der Waals surface area contributed by atoms with Crippen LogP contribution in [-0.4, -0.2) is 79.2 Å². The van der Waals surface area contributed by atoms with Gasteiger partial charge in [0.05, 0.1) is 12.6 Å². The van der Waals surface area contributed by atoms with Gasteiger partial charge < -0.3 is 30.7 Å². The van der Waals surface area contributed by atoms with Gasteiger partial charge in [0, 0.05) is 37.1 Å². The highest BCUT2D eigenvalue weighted by Gasteiger charge is 2.40. The standard InChI is InChI=1S/C29H35ClN4O5/c1-34-24(18-35)28(37)33-23(17-19-8-12-22(30)13-9-19)27(36)32-14-4-6-20-5-2-3-7-25(20)39-16-15-31-26(29(34)38)21-10-11-21/h2-9,12-13,21,23-24,26,31,35H,10-11,14-18H2,1H3,(H,32,36)(H,33,37)/b6-4+/t23-,24+,26+/m1/s1. The molecule has 2 aromatic rings. The quantitative estimate of drug-likeness (QED) is 0.457. The molecule has 2 aromatic carbocycles. The lowest BCUT2D eigenvalue weighted by atomic mass is 10.0. The van der Waals surface area contributed by atoms with Gasteiger partial charge in [0.2, 0.25) is 17.7 Å². The van der Waals surface area contributed by atoms with Crippen LogP contribution in [0.2, 0.25) is 5.02 Å². The van der Waals surface area contributed by atoms with E-state index in [0.29, 0.717) is 23.9 Å². The number of aliphatic hydroxyl groups excluding tert-OH is 1. The summed E-state index contributed by atoms with van der Waals surface area (Å²) in [6.07, 6.45) is 5.70. The molecule has 1 aliphatic carbocycles. The van der Waals surface area contributed by atoms with Gasteiger partial charge in [-0.05, 0) is 42.5 Å². The largest absolute Gasteiger partial charge is 0.492 e. The van der Waals surface area contributed by atoms with Crippen molar-refractivity contribution in [2.24, 2.45) is 5.92 Å². The van der Waals surface area contributed by atoms with Crippen molar-refractivity contribution in [1.29, 1.82) is 0 Å². The van der Waals surface area contributed by atoms with E-state index in [9.17, 15) is 19.5 Å². The number of halogens is 1. The topological polar surface area (TPSA) is 120 Å². The smallest absolute Gasteiger partial charge is 0.245 e. The van der Waals surface area contributed by atoms with Gasteiger partial charge in [-0.15, -0.1) is 0 Å². The molecule has 2 aliphatic rings. The first-order valence-corrected chi connectivity index (χ1v) is 13.6. The summed E-state index contributed by atoms with van der Waals surface area (Å²) in [7, 11) is 1.50. The summed E-state index contributed by atoms with van der Waals surface area (Å²) >= 11 is 6.01. The van der Waals surface area contributed by atoms with Gasteiger partial charge >= 0.3 is 0 Å². The van der Waals surface area contributed by atoms with Crippen molar-refractivity contribution in [3.05, 3.63) is 70.8 Å². The Bertz CT molecular complexity index is 1180. The average molecular weight is 555 g/mol. The molecule has 1 heterocycles. The first kappa shape index (κ1) is 28.6. The molecule has 4 rings (SSSR count). The summed E-state index contributed by atoms with van der Waals surface area (Å²) < 4.78 is 5.98. The fourth-order valence-electron chi connectivity index (χ4n) is 4.57. The van der Waals surface area contributed by atoms with Crippen LogP contribution in [0, 0.1) is 5.92 Å². The van der Waals surface area contributed by atoms with Crippen LogP contribution in [-0.2, 0) is 20.8 Å². The Kier molecular flexibility index (Phi) is 9.97. The zero-order valence-corrected chi connectivity index (χ0v) is 22.7. The van der Waals surface area contributed by atoms with E-state index in [1.807, 2.05) is 36.4 Å². The molecule has 1 aliphatic heterocycles. The number of amides is 3. The molecule has 0 saturated heterocycles. The summed E-state index contributed by atoms with van der Waals surface area (Å²) in [6.45, 7) is 0.433. The van der Waals surface area contributed by atoms with Crippen molar-refractivity contribution in [3.8, 4) is 5.75 Å². The van der Waals surface area contributed by atoms with E-state index < -0.39 is 36.5 Å². The Morgan fingerprint density at radius 3 is 2.51 bits per heavy atom. The molecule has 0 bridgehead atoms. The first-order chi connectivity index (χ1) is 18.9. The van der Waals surface area contributed by atoms with Crippen molar-refractivity contribution in [1.82, 2.24) is 20.9 Å². The number of rotatable bonds is 4. The number of para-hydroxylation sites is 1. The highest BCUT2D eigenvalue weighted by atomic mass is 35.5. The first-order valence-electron chi connectivity index (χ1n) is 13.2. The van der Waals surface area contributed by atoms with Gasteiger partial charge in [0.15, 0.2) is 0 Å². The van der Waals surface area contributed by atoms with E-state index in [4.69, 9.17) is 16.3 Å². The summed E-state index contributed by atoms with van der Waals surface area (Å²) in [6, 6.07) is 12.0. The number of hydrogen-bond donors (Lipinski definition) is 4. The van der Waals surface area contributed by atoms with Crippen molar-refractivity contribution < 1.29 is 24.2 Å². The Balaban J connectivity index is 1.60. The lowest BCUT2D eigenvalue weighted by molar-refractivity contribution is -0.143. The fraction of sp³-hybridized carbons (Fsp3) is 0.414. The number of benzene rings is 2. The molecule has 9 nitrogen and oxygen atoms in total. The van der Waals surface area contributed by atoms with E-state index in [-0.39, 0.29) is 24.8 Å². The van der Waals surface area contributed by atoms with Crippen LogP contribution in [0.5, 0.6) is 5.75 Å². The fourth-order valence-corrected chi connectivity index (χ4v) is 4.69. The number of carbonyl (C=O) groups is 3. The molecule has 3 amide bonds. The lowest BCUT2D eigenvalue weighted by Gasteiger charge is -2.31. The Morgan fingerprint density at radius 1 is 1.05 bits per heavy atom. The zero-order valence-electron chi connectivity index (χ0n) is 21.9. The van der Waals surface area contributed by atoms with Gasteiger partial charge in [-0.2, -0.15) is 0 Å². The molecular formula is C29H35ClN4O5. The maximum Gasteiger partial charge on any atom is 0.245 e. The molecule has 208 valence electrons. The molecule has 1 saturated carbocycles. The van der Waals surface area contributed by atoms with Gasteiger partial charge in [0.1, 0.15) is 24.4 Å². The van der Waals surface area contributed by atoms with Crippen molar-refractivity contribution in [3.63, 3.8) is 0 Å². The summed E-state index contributed by atoms with van der Waals surface area (Å²) in [5.41, 5.74) is 1.66. The molecule has 0 unspecified atom stereocenters. The van der Waals surface area contributed by atoms with Crippen LogP contribution < -0.4 is 20.7 Å². The number of aliphatic hydroxyl groups is 1. The van der Waals surface area contributed by atoms with Gasteiger partial charge in [-0.1, -0.05) is 54.1 Å². The zero-order chi connectivity index (χ0) is 27.8. The Labute approximate surface area is 233 Å². The molecule has 0 spiro atoms. The second kappa shape index (κ2) is 13.6. The normalized spacial score (nSPS) is 24.4. The molecule has 39 heavy (non-hydrogen) atoms. The van der Waals surface area contributed by atoms with Crippen LogP contribution in [0.25, 0.3) is 6.08 Å². The number of fused-ring (bicyclic) bond motifs is 1. The minimum atomic E-state index is -1.15. The second-order valence-corrected chi connectivity index (χ2v) is 10.3. The third-order valence-electron chi connectivity index (χ3n) is 6.97. The Morgan fingerprint density at radius 2 is 1.79 bits per heavy atom. The van der Waals surface area contributed by atoms with Crippen LogP contribution in [0.4, 0.5) is 0 Å². The molecule has 0 radical (unpaired) electrons. The summed E-state index contributed by atoms with van der Waals surface area (Å²) in [5, 5.41) is 19.5. The van der Waals surface area contributed by atoms with Gasteiger partial charge in [-0.25, -0.2) is 0 Å². The van der Waals surface area contributed by atoms with E-state index in [1.165, 1.54) is 11.9 Å². The van der Waals surface area contributed by atoms with Crippen LogP contribution in [0.15, 0.2) is 54.6 Å². The highest BCUT2D eigenvalue weighted by molar-refractivity contribution is 6.30. The van der Waals surface area contributed by atoms with Crippen LogP contribution in [0.3, 0.4) is 0 Å². The number of likely N-dealkylation sites (N-methyl/N-ethyl adjacent to an activating group) is 1. The van der Waals surface area contributed by atoms with Crippen molar-refractivity contribution >= 4 is 35.4 Å². The third kappa shape index (κ3) is 7.81. The maximum absolute atomic E-state index is 13.4. The number of hydrogen-bond acceptors (Lipinski definition) is 6. The summed E-state index contributed by atoms with van der Waals surface area (Å²) in [4.78, 5) is 41.2.